The number of carbonyl (C=O) groups excluding carboxylic acids is 4. The van der Waals surface area contributed by atoms with Crippen molar-refractivity contribution in [2.75, 3.05) is 12.3 Å². The Morgan fingerprint density at radius 1 is 0.903 bits per heavy atom. The third-order valence-electron chi connectivity index (χ3n) is 4.44. The van der Waals surface area contributed by atoms with E-state index in [2.05, 4.69) is 28.6 Å². The van der Waals surface area contributed by atoms with Gasteiger partial charge in [-0.05, 0) is 31.7 Å². The number of carboxylic acids is 1. The van der Waals surface area contributed by atoms with E-state index in [0.717, 1.165) is 0 Å². The van der Waals surface area contributed by atoms with Crippen molar-refractivity contribution in [3.63, 3.8) is 0 Å². The van der Waals surface area contributed by atoms with Gasteiger partial charge in [-0.15, -0.1) is 0 Å². The molecular formula is C18H34N6O6S. The fraction of sp³-hybridized carbons (Fsp3) is 0.722. The predicted molar refractivity (Wildman–Crippen MR) is 117 cm³/mol. The summed E-state index contributed by atoms with van der Waals surface area (Å²) in [4.78, 5) is 59.6. The predicted octanol–water partition coefficient (Wildman–Crippen LogP) is -2.56. The number of unbranched alkanes of at least 4 members (excludes halogenated alkanes) is 1. The van der Waals surface area contributed by atoms with Crippen LogP contribution in [0.4, 0.5) is 0 Å². The average molecular weight is 463 g/mol. The lowest BCUT2D eigenvalue weighted by molar-refractivity contribution is -0.143. The number of aliphatic carboxylic acids is 1. The summed E-state index contributed by atoms with van der Waals surface area (Å²) in [7, 11) is 0. The van der Waals surface area contributed by atoms with Crippen molar-refractivity contribution in [1.29, 1.82) is 0 Å². The molecule has 0 rings (SSSR count). The number of amides is 4. The largest absolute Gasteiger partial charge is 0.480 e. The molecule has 0 aromatic carbocycles. The fourth-order valence-electron chi connectivity index (χ4n) is 2.47. The Hall–Kier alpha value is -2.38. The highest BCUT2D eigenvalue weighted by atomic mass is 32.1. The van der Waals surface area contributed by atoms with Crippen molar-refractivity contribution in [2.24, 2.45) is 23.1 Å². The first-order chi connectivity index (χ1) is 14.4. The van der Waals surface area contributed by atoms with Gasteiger partial charge in [-0.25, -0.2) is 4.79 Å². The number of carboxylic acid groups (broad SMARTS) is 1. The second-order valence-electron chi connectivity index (χ2n) is 7.43. The molecule has 0 radical (unpaired) electrons. The van der Waals surface area contributed by atoms with Gasteiger partial charge < -0.3 is 38.3 Å². The van der Waals surface area contributed by atoms with Crippen molar-refractivity contribution in [3.05, 3.63) is 0 Å². The van der Waals surface area contributed by atoms with Gasteiger partial charge in [-0.1, -0.05) is 13.8 Å². The standard InChI is InChI=1S/C18H34N6O6S/c1-9(2)14(21)17(28)22-10(5-3-4-6-19)15(26)24-12(8-31)16(27)23-11(18(29)30)7-13(20)25/h9-12,14,31H,3-8,19,21H2,1-2H3,(H2,20,25)(H,22,28)(H,23,27)(H,24,26)(H,29,30). The molecular weight excluding hydrogens is 428 g/mol. The Morgan fingerprint density at radius 2 is 1.42 bits per heavy atom. The van der Waals surface area contributed by atoms with Gasteiger partial charge in [0, 0.05) is 5.75 Å². The van der Waals surface area contributed by atoms with E-state index in [1.54, 1.807) is 13.8 Å². The molecule has 0 aromatic rings. The maximum atomic E-state index is 12.7. The summed E-state index contributed by atoms with van der Waals surface area (Å²) < 4.78 is 0. The minimum atomic E-state index is -1.55. The molecule has 4 amide bonds. The van der Waals surface area contributed by atoms with Gasteiger partial charge in [0.1, 0.15) is 18.1 Å². The SMILES string of the molecule is CC(C)C(N)C(=O)NC(CCCCN)C(=O)NC(CS)C(=O)NC(CC(N)=O)C(=O)O. The number of primary amides is 1. The summed E-state index contributed by atoms with van der Waals surface area (Å²) in [5, 5.41) is 16.3. The second-order valence-corrected chi connectivity index (χ2v) is 7.79. The summed E-state index contributed by atoms with van der Waals surface area (Å²) in [5.74, 6) is -4.70. The zero-order valence-corrected chi connectivity index (χ0v) is 18.7. The monoisotopic (exact) mass is 462 g/mol. The van der Waals surface area contributed by atoms with Crippen LogP contribution < -0.4 is 33.2 Å². The smallest absolute Gasteiger partial charge is 0.326 e. The number of hydrogen-bond acceptors (Lipinski definition) is 8. The number of nitrogens with one attached hydrogen (secondary N) is 3. The lowest BCUT2D eigenvalue weighted by Gasteiger charge is -2.25. The molecule has 0 bridgehead atoms. The molecule has 0 saturated heterocycles. The van der Waals surface area contributed by atoms with E-state index in [1.807, 2.05) is 0 Å². The van der Waals surface area contributed by atoms with Gasteiger partial charge >= 0.3 is 5.97 Å². The summed E-state index contributed by atoms with van der Waals surface area (Å²) in [6, 6.07) is -4.55. The van der Waals surface area contributed by atoms with Crippen molar-refractivity contribution in [3.8, 4) is 0 Å². The zero-order valence-electron chi connectivity index (χ0n) is 17.8. The maximum absolute atomic E-state index is 12.7. The van der Waals surface area contributed by atoms with Gasteiger partial charge in [0.25, 0.3) is 0 Å². The van der Waals surface area contributed by atoms with Crippen LogP contribution in [0.15, 0.2) is 0 Å². The highest BCUT2D eigenvalue weighted by Crippen LogP contribution is 2.05. The lowest BCUT2D eigenvalue weighted by atomic mass is 10.0. The van der Waals surface area contributed by atoms with Crippen LogP contribution in [0.25, 0.3) is 0 Å². The molecule has 0 fully saturated rings. The lowest BCUT2D eigenvalue weighted by Crippen LogP contribution is -2.58. The topological polar surface area (TPSA) is 220 Å². The minimum Gasteiger partial charge on any atom is -0.480 e. The Bertz CT molecular complexity index is 647. The fourth-order valence-corrected chi connectivity index (χ4v) is 2.73. The molecule has 178 valence electrons. The number of rotatable bonds is 15. The molecule has 31 heavy (non-hydrogen) atoms. The first-order valence-electron chi connectivity index (χ1n) is 9.93. The number of thiol groups is 1. The van der Waals surface area contributed by atoms with E-state index in [1.165, 1.54) is 0 Å². The van der Waals surface area contributed by atoms with Crippen LogP contribution in [0.1, 0.15) is 39.5 Å². The molecule has 0 aliphatic rings. The maximum Gasteiger partial charge on any atom is 0.326 e. The molecule has 0 saturated carbocycles. The van der Waals surface area contributed by atoms with Crippen LogP contribution in [-0.2, 0) is 24.0 Å². The highest BCUT2D eigenvalue weighted by Gasteiger charge is 2.30. The van der Waals surface area contributed by atoms with Crippen LogP contribution in [0.5, 0.6) is 0 Å². The van der Waals surface area contributed by atoms with E-state index in [-0.39, 0.29) is 18.1 Å². The Kier molecular flexibility index (Phi) is 13.5. The quantitative estimate of drug-likeness (QED) is 0.0953. The molecule has 0 aliphatic heterocycles. The van der Waals surface area contributed by atoms with Gasteiger partial charge in [0.2, 0.25) is 23.6 Å². The van der Waals surface area contributed by atoms with Crippen LogP contribution >= 0.6 is 12.6 Å². The third-order valence-corrected chi connectivity index (χ3v) is 4.80. The molecule has 0 spiro atoms. The Morgan fingerprint density at radius 3 is 1.87 bits per heavy atom. The van der Waals surface area contributed by atoms with Crippen LogP contribution in [0.3, 0.4) is 0 Å². The average Bonchev–Trinajstić information content (AvgIpc) is 2.69. The molecule has 4 atom stereocenters. The molecule has 0 heterocycles. The van der Waals surface area contributed by atoms with Gasteiger partial charge in [0.05, 0.1) is 12.5 Å². The number of carbonyl (C=O) groups is 5. The molecule has 13 heteroatoms. The molecule has 10 N–H and O–H groups in total. The Labute approximate surface area is 186 Å². The molecule has 0 aromatic heterocycles. The number of nitrogens with two attached hydrogens (primary N) is 3. The van der Waals surface area contributed by atoms with E-state index in [0.29, 0.717) is 19.4 Å². The van der Waals surface area contributed by atoms with Gasteiger partial charge in [0.15, 0.2) is 0 Å². The molecule has 12 nitrogen and oxygen atoms in total. The summed E-state index contributed by atoms with van der Waals surface area (Å²) >= 11 is 4.02. The van der Waals surface area contributed by atoms with Crippen molar-refractivity contribution in [2.45, 2.75) is 63.7 Å². The molecule has 4 unspecified atom stereocenters. The van der Waals surface area contributed by atoms with Gasteiger partial charge in [-0.2, -0.15) is 12.6 Å². The highest BCUT2D eigenvalue weighted by molar-refractivity contribution is 7.80. The van der Waals surface area contributed by atoms with E-state index >= 15 is 0 Å². The second kappa shape index (κ2) is 14.6. The van der Waals surface area contributed by atoms with Crippen LogP contribution in [0.2, 0.25) is 0 Å². The number of hydrogen-bond donors (Lipinski definition) is 8. The van der Waals surface area contributed by atoms with E-state index in [4.69, 9.17) is 22.3 Å². The third kappa shape index (κ3) is 11.0. The normalized spacial score (nSPS) is 14.8. The summed E-state index contributed by atoms with van der Waals surface area (Å²) in [6.45, 7) is 3.94. The van der Waals surface area contributed by atoms with Crippen LogP contribution in [0, 0.1) is 5.92 Å². The van der Waals surface area contributed by atoms with E-state index in [9.17, 15) is 24.0 Å². The zero-order chi connectivity index (χ0) is 24.1. The molecule has 0 aliphatic carbocycles. The first-order valence-corrected chi connectivity index (χ1v) is 10.6. The van der Waals surface area contributed by atoms with Crippen LogP contribution in [-0.4, -0.2) is 71.2 Å². The van der Waals surface area contributed by atoms with E-state index < -0.39 is 60.2 Å². The Balaban J connectivity index is 5.25. The summed E-state index contributed by atoms with van der Waals surface area (Å²) in [5.41, 5.74) is 16.3. The van der Waals surface area contributed by atoms with Gasteiger partial charge in [-0.3, -0.25) is 19.2 Å². The minimum absolute atomic E-state index is 0.151. The first kappa shape index (κ1) is 28.6. The summed E-state index contributed by atoms with van der Waals surface area (Å²) in [6.07, 6.45) is 0.822. The van der Waals surface area contributed by atoms with Crippen molar-refractivity contribution in [1.82, 2.24) is 16.0 Å². The van der Waals surface area contributed by atoms with Crippen molar-refractivity contribution < 1.29 is 29.1 Å². The van der Waals surface area contributed by atoms with Crippen molar-refractivity contribution >= 4 is 42.2 Å².